The van der Waals surface area contributed by atoms with Crippen LogP contribution >= 0.6 is 10.8 Å². The lowest BCUT2D eigenvalue weighted by Gasteiger charge is -2.36. The van der Waals surface area contributed by atoms with Gasteiger partial charge in [-0.15, -0.1) is 10.8 Å². The zero-order chi connectivity index (χ0) is 18.4. The molecule has 0 radical (unpaired) electrons. The van der Waals surface area contributed by atoms with Gasteiger partial charge in [-0.1, -0.05) is 0 Å². The molecule has 0 amide bonds. The van der Waals surface area contributed by atoms with Crippen molar-refractivity contribution in [2.24, 2.45) is 0 Å². The van der Waals surface area contributed by atoms with Gasteiger partial charge in [0, 0.05) is 19.0 Å². The summed E-state index contributed by atoms with van der Waals surface area (Å²) in [6.45, 7) is 1.29. The molecule has 0 spiro atoms. The average Bonchev–Trinajstić information content (AvgIpc) is 3.02. The first-order valence-electron chi connectivity index (χ1n) is 7.24. The van der Waals surface area contributed by atoms with Crippen molar-refractivity contribution in [1.82, 2.24) is 0 Å². The molecule has 7 nitrogen and oxygen atoms in total. The minimum atomic E-state index is -3.20. The van der Waals surface area contributed by atoms with Crippen LogP contribution in [0.25, 0.3) is 11.3 Å². The summed E-state index contributed by atoms with van der Waals surface area (Å²) in [6, 6.07) is 2.82. The van der Waals surface area contributed by atoms with Crippen LogP contribution in [-0.2, 0) is 4.79 Å². The second kappa shape index (κ2) is 6.21. The molecule has 1 aromatic heterocycles. The van der Waals surface area contributed by atoms with Crippen molar-refractivity contribution in [3.05, 3.63) is 29.8 Å². The zero-order valence-electron chi connectivity index (χ0n) is 13.0. The summed E-state index contributed by atoms with van der Waals surface area (Å²) < 4.78 is 58.2. The van der Waals surface area contributed by atoms with Gasteiger partial charge in [0.15, 0.2) is 17.4 Å². The number of carbonyl (C=O) groups is 1. The van der Waals surface area contributed by atoms with Crippen molar-refractivity contribution in [2.45, 2.75) is 13.3 Å². The first kappa shape index (κ1) is 17.5. The highest BCUT2D eigenvalue weighted by Crippen LogP contribution is 2.57. The van der Waals surface area contributed by atoms with Gasteiger partial charge >= 0.3 is 5.97 Å². The monoisotopic (exact) mass is 375 g/mol. The minimum absolute atomic E-state index is 0.00766. The first-order valence-corrected chi connectivity index (χ1v) is 8.91. The van der Waals surface area contributed by atoms with E-state index in [1.165, 1.54) is 6.07 Å². The summed E-state index contributed by atoms with van der Waals surface area (Å²) in [4.78, 5) is 11.3. The van der Waals surface area contributed by atoms with E-state index in [0.717, 1.165) is 23.4 Å². The van der Waals surface area contributed by atoms with E-state index in [2.05, 4.69) is 0 Å². The van der Waals surface area contributed by atoms with Crippen molar-refractivity contribution >= 4 is 22.6 Å². The van der Waals surface area contributed by atoms with Crippen molar-refractivity contribution in [2.75, 3.05) is 16.6 Å². The maximum Gasteiger partial charge on any atom is 0.308 e. The van der Waals surface area contributed by atoms with E-state index in [9.17, 15) is 27.8 Å². The topological polar surface area (TPSA) is 103 Å². The lowest BCUT2D eigenvalue weighted by molar-refractivity contribution is -0.132. The molecule has 1 aromatic carbocycles. The van der Waals surface area contributed by atoms with Gasteiger partial charge in [0.1, 0.15) is 0 Å². The van der Waals surface area contributed by atoms with E-state index in [0.29, 0.717) is 6.42 Å². The normalized spacial score (nSPS) is 17.6. The van der Waals surface area contributed by atoms with Gasteiger partial charge in [0.2, 0.25) is 11.5 Å². The molecule has 1 saturated heterocycles. The number of rotatable bonds is 3. The third-order valence-electron chi connectivity index (χ3n) is 3.61. The van der Waals surface area contributed by atoms with E-state index in [1.807, 2.05) is 0 Å². The van der Waals surface area contributed by atoms with Crippen LogP contribution < -0.4 is 9.04 Å². The number of hydrogen-bond donors (Lipinski definition) is 3. The molecule has 1 fully saturated rings. The number of benzene rings is 1. The Labute approximate surface area is 142 Å². The Bertz CT molecular complexity index is 838. The van der Waals surface area contributed by atoms with Crippen LogP contribution in [0.5, 0.6) is 11.5 Å². The lowest BCUT2D eigenvalue weighted by Crippen LogP contribution is -2.22. The second-order valence-electron chi connectivity index (χ2n) is 5.43. The molecule has 0 atom stereocenters. The molecule has 0 saturated carbocycles. The quantitative estimate of drug-likeness (QED) is 0.702. The molecule has 0 bridgehead atoms. The molecule has 1 aliphatic heterocycles. The van der Waals surface area contributed by atoms with Crippen molar-refractivity contribution in [3.63, 3.8) is 0 Å². The van der Waals surface area contributed by atoms with E-state index in [1.54, 1.807) is 0 Å². The summed E-state index contributed by atoms with van der Waals surface area (Å²) in [6.07, 6.45) is 0.448. The van der Waals surface area contributed by atoms with Gasteiger partial charge in [-0.3, -0.25) is 13.9 Å². The average molecular weight is 375 g/mol. The van der Waals surface area contributed by atoms with Crippen LogP contribution in [0.2, 0.25) is 0 Å². The number of nitrogens with zero attached hydrogens (tertiary/aromatic N) is 1. The number of furan rings is 1. The van der Waals surface area contributed by atoms with Gasteiger partial charge in [0.25, 0.3) is 5.88 Å². The molecule has 1 aliphatic rings. The van der Waals surface area contributed by atoms with Gasteiger partial charge in [-0.25, -0.2) is 13.1 Å². The van der Waals surface area contributed by atoms with E-state index < -0.39 is 39.9 Å². The fraction of sp³-hybridized carbons (Fsp3) is 0.267. The third kappa shape index (κ3) is 3.15. The number of esters is 1. The van der Waals surface area contributed by atoms with Gasteiger partial charge in [-0.2, -0.15) is 0 Å². The van der Waals surface area contributed by atoms with Crippen LogP contribution in [0.1, 0.15) is 13.3 Å². The smallest absolute Gasteiger partial charge is 0.308 e. The van der Waals surface area contributed by atoms with Crippen molar-refractivity contribution < 1.29 is 36.9 Å². The summed E-state index contributed by atoms with van der Waals surface area (Å²) in [5.74, 6) is -4.50. The van der Waals surface area contributed by atoms with Crippen LogP contribution in [0.3, 0.4) is 0 Å². The molecule has 25 heavy (non-hydrogen) atoms. The Balaban J connectivity index is 2.14. The molecule has 2 aromatic rings. The number of halogens is 2. The molecule has 3 N–H and O–H groups in total. The molecule has 3 rings (SSSR count). The Morgan fingerprint density at radius 2 is 2.04 bits per heavy atom. The maximum atomic E-state index is 13.5. The van der Waals surface area contributed by atoms with Crippen LogP contribution in [0, 0.1) is 11.6 Å². The molecule has 2 heterocycles. The molecule has 10 heteroatoms. The number of aromatic hydroxyl groups is 1. The van der Waals surface area contributed by atoms with Crippen LogP contribution in [0.15, 0.2) is 22.6 Å². The fourth-order valence-corrected chi connectivity index (χ4v) is 4.07. The predicted octanol–water partition coefficient (Wildman–Crippen LogP) is 3.73. The summed E-state index contributed by atoms with van der Waals surface area (Å²) in [5.41, 5.74) is -0.00766. The molecular weight excluding hydrogens is 360 g/mol. The Hall–Kier alpha value is -2.30. The van der Waals surface area contributed by atoms with E-state index >= 15 is 0 Å². The predicted molar refractivity (Wildman–Crippen MR) is 86.7 cm³/mol. The van der Waals surface area contributed by atoms with Gasteiger partial charge < -0.3 is 14.3 Å². The van der Waals surface area contributed by atoms with Gasteiger partial charge in [-0.05, 0) is 24.6 Å². The number of anilines is 1. The number of carbonyl (C=O) groups excluding carboxylic acids is 1. The summed E-state index contributed by atoms with van der Waals surface area (Å²) in [5, 5.41) is 10.3. The summed E-state index contributed by atoms with van der Waals surface area (Å²) in [7, 11) is -3.20. The standard InChI is InChI=1S/C15H15F2NO6S/c1-8(19)23-14-12(20)13(9-3-4-10(16)11(17)7-9)24-15(14)18-5-2-6-25(18,21)22/h3-4,7,20-22H,2,5-6H2,1H3. The minimum Gasteiger partial charge on any atom is -0.502 e. The fourth-order valence-electron chi connectivity index (χ4n) is 2.52. The SMILES string of the molecule is CC(=O)Oc1c(N2CCCS2(O)O)oc(-c2ccc(F)c(F)c2)c1O. The van der Waals surface area contributed by atoms with Gasteiger partial charge in [0.05, 0.1) is 5.75 Å². The van der Waals surface area contributed by atoms with Crippen LogP contribution in [-0.4, -0.2) is 32.5 Å². The highest BCUT2D eigenvalue weighted by Gasteiger charge is 2.37. The van der Waals surface area contributed by atoms with Crippen LogP contribution in [0.4, 0.5) is 14.7 Å². The molecule has 136 valence electrons. The Morgan fingerprint density at radius 1 is 1.32 bits per heavy atom. The lowest BCUT2D eigenvalue weighted by atomic mass is 10.1. The largest absolute Gasteiger partial charge is 0.502 e. The van der Waals surface area contributed by atoms with E-state index in [4.69, 9.17) is 9.15 Å². The van der Waals surface area contributed by atoms with E-state index in [-0.39, 0.29) is 29.5 Å². The highest BCUT2D eigenvalue weighted by molar-refractivity contribution is 8.25. The third-order valence-corrected chi connectivity index (χ3v) is 5.50. The Morgan fingerprint density at radius 3 is 2.60 bits per heavy atom. The molecular formula is C15H15F2NO6S. The zero-order valence-corrected chi connectivity index (χ0v) is 13.8. The highest BCUT2D eigenvalue weighted by atomic mass is 32.3. The number of ether oxygens (including phenoxy) is 1. The Kier molecular flexibility index (Phi) is 4.35. The van der Waals surface area contributed by atoms with Crippen molar-refractivity contribution in [3.8, 4) is 22.8 Å². The second-order valence-corrected chi connectivity index (χ2v) is 7.54. The maximum absolute atomic E-state index is 13.5. The van der Waals surface area contributed by atoms with Crippen molar-refractivity contribution in [1.29, 1.82) is 0 Å². The molecule has 0 unspecified atom stereocenters. The number of hydrogen-bond acceptors (Lipinski definition) is 7. The molecule has 0 aliphatic carbocycles. The summed E-state index contributed by atoms with van der Waals surface area (Å²) >= 11 is 0. The first-order chi connectivity index (χ1) is 11.7.